The molecule has 1 aliphatic rings. The zero-order valence-electron chi connectivity index (χ0n) is 17.7. The van der Waals surface area contributed by atoms with E-state index in [0.29, 0.717) is 31.9 Å². The Morgan fingerprint density at radius 2 is 1.86 bits per heavy atom. The van der Waals surface area contributed by atoms with E-state index >= 15 is 0 Å². The molecule has 6 heteroatoms. The average molecular weight is 398 g/mol. The third-order valence-electron chi connectivity index (χ3n) is 4.82. The van der Waals surface area contributed by atoms with Crippen LogP contribution in [0.4, 0.5) is 16.2 Å². The Kier molecular flexibility index (Phi) is 6.20. The van der Waals surface area contributed by atoms with Gasteiger partial charge in [0.25, 0.3) is 0 Å². The number of amides is 1. The molecule has 0 radical (unpaired) electrons. The van der Waals surface area contributed by atoms with Gasteiger partial charge >= 0.3 is 6.09 Å². The van der Waals surface area contributed by atoms with Gasteiger partial charge in [0.15, 0.2) is 0 Å². The quantitative estimate of drug-likeness (QED) is 0.780. The highest BCUT2D eigenvalue weighted by molar-refractivity contribution is 5.70. The van der Waals surface area contributed by atoms with Crippen molar-refractivity contribution in [1.29, 1.82) is 0 Å². The van der Waals surface area contributed by atoms with Gasteiger partial charge in [0.1, 0.15) is 18.0 Å². The first kappa shape index (κ1) is 20.8. The molecule has 1 fully saturated rings. The van der Waals surface area contributed by atoms with E-state index in [1.807, 2.05) is 76.2 Å². The Hall–Kier alpha value is -2.89. The van der Waals surface area contributed by atoms with Gasteiger partial charge in [-0.05, 0) is 51.5 Å². The molecule has 0 saturated carbocycles. The summed E-state index contributed by atoms with van der Waals surface area (Å²) >= 11 is 0. The van der Waals surface area contributed by atoms with E-state index in [1.54, 1.807) is 4.90 Å². The molecule has 1 atom stereocenters. The van der Waals surface area contributed by atoms with Gasteiger partial charge in [-0.3, -0.25) is 0 Å². The van der Waals surface area contributed by atoms with Gasteiger partial charge in [-0.1, -0.05) is 30.3 Å². The van der Waals surface area contributed by atoms with Crippen LogP contribution in [-0.2, 0) is 11.3 Å². The molecule has 1 heterocycles. The highest BCUT2D eigenvalue weighted by Crippen LogP contribution is 2.33. The van der Waals surface area contributed by atoms with Crippen molar-refractivity contribution in [1.82, 2.24) is 4.90 Å². The molecule has 2 aromatic rings. The topological polar surface area (TPSA) is 68.0 Å². The fraction of sp³-hybridized carbons (Fsp3) is 0.435. The van der Waals surface area contributed by atoms with Crippen LogP contribution < -0.4 is 15.4 Å². The molecule has 2 N–H and O–H groups in total. The van der Waals surface area contributed by atoms with Crippen molar-refractivity contribution in [2.24, 2.45) is 0 Å². The molecule has 1 amide bonds. The summed E-state index contributed by atoms with van der Waals surface area (Å²) in [6, 6.07) is 15.8. The van der Waals surface area contributed by atoms with Crippen molar-refractivity contribution < 1.29 is 14.3 Å². The molecule has 1 aliphatic heterocycles. The van der Waals surface area contributed by atoms with Crippen molar-refractivity contribution in [3.63, 3.8) is 0 Å². The van der Waals surface area contributed by atoms with Crippen LogP contribution in [-0.4, -0.2) is 42.3 Å². The first-order valence-corrected chi connectivity index (χ1v) is 10.0. The van der Waals surface area contributed by atoms with Crippen molar-refractivity contribution in [3.05, 3.63) is 54.1 Å². The van der Waals surface area contributed by atoms with E-state index in [1.165, 1.54) is 0 Å². The van der Waals surface area contributed by atoms with Gasteiger partial charge in [0, 0.05) is 31.4 Å². The maximum Gasteiger partial charge on any atom is 0.410 e. The summed E-state index contributed by atoms with van der Waals surface area (Å²) in [6.07, 6.45) is -0.266. The van der Waals surface area contributed by atoms with Gasteiger partial charge in [0.05, 0.1) is 5.69 Å². The second kappa shape index (κ2) is 8.64. The molecule has 0 aromatic heterocycles. The number of rotatable bonds is 4. The normalized spacial score (nSPS) is 17.2. The Morgan fingerprint density at radius 3 is 2.52 bits per heavy atom. The number of carbonyl (C=O) groups excluding carboxylic acids is 1. The molecule has 29 heavy (non-hydrogen) atoms. The van der Waals surface area contributed by atoms with Crippen LogP contribution in [0.1, 0.15) is 33.3 Å². The number of nitrogens with two attached hydrogens (primary N) is 1. The number of anilines is 2. The molecule has 1 saturated heterocycles. The number of carbonyl (C=O) groups is 1. The Labute approximate surface area is 173 Å². The summed E-state index contributed by atoms with van der Waals surface area (Å²) in [5.74, 6) is 0.793. The molecule has 156 valence electrons. The molecule has 6 nitrogen and oxygen atoms in total. The summed E-state index contributed by atoms with van der Waals surface area (Å²) in [5.41, 5.74) is 8.31. The predicted octanol–water partition coefficient (Wildman–Crippen LogP) is 4.29. The first-order chi connectivity index (χ1) is 13.7. The third kappa shape index (κ3) is 5.56. The van der Waals surface area contributed by atoms with E-state index in [9.17, 15) is 4.79 Å². The van der Waals surface area contributed by atoms with Crippen LogP contribution in [0.2, 0.25) is 0 Å². The Bertz CT molecular complexity index is 833. The van der Waals surface area contributed by atoms with E-state index in [2.05, 4.69) is 4.90 Å². The largest absolute Gasteiger partial charge is 0.487 e. The number of nitrogen functional groups attached to an aromatic ring is 1. The summed E-state index contributed by atoms with van der Waals surface area (Å²) in [6.45, 7) is 10.1. The average Bonchev–Trinajstić information content (AvgIpc) is 2.66. The molecular formula is C23H31N3O3. The molecule has 2 aromatic carbocycles. The van der Waals surface area contributed by atoms with Gasteiger partial charge in [-0.15, -0.1) is 0 Å². The monoisotopic (exact) mass is 397 g/mol. The van der Waals surface area contributed by atoms with Gasteiger partial charge in [-0.25, -0.2) is 4.79 Å². The minimum Gasteiger partial charge on any atom is -0.487 e. The highest BCUT2D eigenvalue weighted by atomic mass is 16.6. The standard InChI is InChI=1S/C23H31N3O3/c1-17-15-25(12-13-26(17)22(27)29-23(2,3)4)20-14-19(24)10-11-21(20)28-16-18-8-6-5-7-9-18/h5-11,14,17H,12-13,15-16,24H2,1-4H3/t17-/m1/s1. The lowest BCUT2D eigenvalue weighted by Gasteiger charge is -2.41. The zero-order chi connectivity index (χ0) is 21.0. The third-order valence-corrected chi connectivity index (χ3v) is 4.82. The molecule has 0 aliphatic carbocycles. The molecular weight excluding hydrogens is 366 g/mol. The maximum absolute atomic E-state index is 12.5. The highest BCUT2D eigenvalue weighted by Gasteiger charge is 2.31. The van der Waals surface area contributed by atoms with Gasteiger partial charge in [-0.2, -0.15) is 0 Å². The number of ether oxygens (including phenoxy) is 2. The van der Waals surface area contributed by atoms with Crippen molar-refractivity contribution in [2.75, 3.05) is 30.3 Å². The van der Waals surface area contributed by atoms with E-state index in [0.717, 1.165) is 17.0 Å². The van der Waals surface area contributed by atoms with Gasteiger partial charge < -0.3 is 25.0 Å². The number of hydrogen-bond donors (Lipinski definition) is 1. The lowest BCUT2D eigenvalue weighted by molar-refractivity contribution is 0.0159. The summed E-state index contributed by atoms with van der Waals surface area (Å²) in [4.78, 5) is 16.5. The maximum atomic E-state index is 12.5. The Balaban J connectivity index is 1.71. The van der Waals surface area contributed by atoms with Crippen LogP contribution in [0.25, 0.3) is 0 Å². The lowest BCUT2D eigenvalue weighted by Crippen LogP contribution is -2.55. The molecule has 0 bridgehead atoms. The number of benzene rings is 2. The fourth-order valence-electron chi connectivity index (χ4n) is 3.41. The predicted molar refractivity (Wildman–Crippen MR) is 116 cm³/mol. The SMILES string of the molecule is C[C@@H]1CN(c2cc(N)ccc2OCc2ccccc2)CCN1C(=O)OC(C)(C)C. The summed E-state index contributed by atoms with van der Waals surface area (Å²) < 4.78 is 11.6. The van der Waals surface area contributed by atoms with Gasteiger partial charge in [0.2, 0.25) is 0 Å². The van der Waals surface area contributed by atoms with Crippen LogP contribution in [0, 0.1) is 0 Å². The molecule has 0 unspecified atom stereocenters. The summed E-state index contributed by atoms with van der Waals surface area (Å²) in [7, 11) is 0. The van der Waals surface area contributed by atoms with E-state index in [-0.39, 0.29) is 12.1 Å². The summed E-state index contributed by atoms with van der Waals surface area (Å²) in [5, 5.41) is 0. The fourth-order valence-corrected chi connectivity index (χ4v) is 3.41. The minimum absolute atomic E-state index is 0.0157. The molecule has 0 spiro atoms. The van der Waals surface area contributed by atoms with Crippen LogP contribution in [0.5, 0.6) is 5.75 Å². The first-order valence-electron chi connectivity index (χ1n) is 10.0. The minimum atomic E-state index is -0.500. The van der Waals surface area contributed by atoms with Crippen molar-refractivity contribution in [3.8, 4) is 5.75 Å². The number of nitrogens with zero attached hydrogens (tertiary/aromatic N) is 2. The number of hydrogen-bond acceptors (Lipinski definition) is 5. The second-order valence-electron chi connectivity index (χ2n) is 8.47. The van der Waals surface area contributed by atoms with E-state index in [4.69, 9.17) is 15.2 Å². The van der Waals surface area contributed by atoms with E-state index < -0.39 is 5.60 Å². The van der Waals surface area contributed by atoms with Crippen molar-refractivity contribution >= 4 is 17.5 Å². The van der Waals surface area contributed by atoms with Crippen LogP contribution in [0.3, 0.4) is 0 Å². The second-order valence-corrected chi connectivity index (χ2v) is 8.47. The van der Waals surface area contributed by atoms with Crippen LogP contribution >= 0.6 is 0 Å². The molecule has 3 rings (SSSR count). The lowest BCUT2D eigenvalue weighted by atomic mass is 10.1. The number of piperazine rings is 1. The zero-order valence-corrected chi connectivity index (χ0v) is 17.7. The Morgan fingerprint density at radius 1 is 1.14 bits per heavy atom. The van der Waals surface area contributed by atoms with Crippen molar-refractivity contribution in [2.45, 2.75) is 45.9 Å². The smallest absolute Gasteiger partial charge is 0.410 e. The van der Waals surface area contributed by atoms with Crippen LogP contribution in [0.15, 0.2) is 48.5 Å².